The number of primary amides is 1. The maximum atomic E-state index is 14.3. The van der Waals surface area contributed by atoms with E-state index in [4.69, 9.17) is 22.1 Å². The molecule has 8 heteroatoms. The van der Waals surface area contributed by atoms with Crippen molar-refractivity contribution in [2.45, 2.75) is 0 Å². The zero-order valence-corrected chi connectivity index (χ0v) is 14.8. The minimum Gasteiger partial charge on any atom is -0.488 e. The van der Waals surface area contributed by atoms with Crippen LogP contribution in [0.5, 0.6) is 5.75 Å². The number of halogens is 2. The van der Waals surface area contributed by atoms with Gasteiger partial charge in [-0.25, -0.2) is 4.39 Å². The molecule has 0 bridgehead atoms. The number of fused-ring (bicyclic) bond motifs is 1. The average Bonchev–Trinajstić information content (AvgIpc) is 2.69. The third kappa shape index (κ3) is 3.17. The number of ether oxygens (including phenoxy) is 1. The lowest BCUT2D eigenvalue weighted by Gasteiger charge is -2.32. The van der Waals surface area contributed by atoms with Gasteiger partial charge in [-0.1, -0.05) is 11.6 Å². The van der Waals surface area contributed by atoms with E-state index in [9.17, 15) is 9.18 Å². The van der Waals surface area contributed by atoms with Crippen LogP contribution in [0.25, 0.3) is 11.3 Å². The second kappa shape index (κ2) is 6.85. The monoisotopic (exact) mass is 384 g/mol. The van der Waals surface area contributed by atoms with Gasteiger partial charge < -0.3 is 15.4 Å². The first-order chi connectivity index (χ1) is 13.0. The zero-order chi connectivity index (χ0) is 19.0. The molecule has 27 heavy (non-hydrogen) atoms. The van der Waals surface area contributed by atoms with E-state index in [0.29, 0.717) is 41.0 Å². The Hall–Kier alpha value is -3.19. The summed E-state index contributed by atoms with van der Waals surface area (Å²) in [7, 11) is 0. The number of rotatable bonds is 3. The second-order valence-electron chi connectivity index (χ2n) is 5.92. The Balaban J connectivity index is 1.85. The highest BCUT2D eigenvalue weighted by atomic mass is 35.5. The van der Waals surface area contributed by atoms with E-state index in [1.807, 2.05) is 4.90 Å². The highest BCUT2D eigenvalue weighted by molar-refractivity contribution is 6.30. The second-order valence-corrected chi connectivity index (χ2v) is 6.36. The van der Waals surface area contributed by atoms with Gasteiger partial charge in [-0.05, 0) is 30.3 Å². The molecule has 1 aromatic carbocycles. The van der Waals surface area contributed by atoms with Crippen LogP contribution in [-0.4, -0.2) is 29.0 Å². The van der Waals surface area contributed by atoms with Crippen LogP contribution in [0.15, 0.2) is 48.9 Å². The number of anilines is 2. The van der Waals surface area contributed by atoms with Gasteiger partial charge in [-0.2, -0.15) is 0 Å². The number of amides is 1. The van der Waals surface area contributed by atoms with E-state index in [-0.39, 0.29) is 11.1 Å². The number of nitrogens with two attached hydrogens (primary N) is 1. The molecule has 0 fully saturated rings. The van der Waals surface area contributed by atoms with Crippen LogP contribution in [0.4, 0.5) is 15.8 Å². The first kappa shape index (κ1) is 17.2. The van der Waals surface area contributed by atoms with Crippen LogP contribution in [0.1, 0.15) is 10.4 Å². The van der Waals surface area contributed by atoms with Crippen LogP contribution >= 0.6 is 11.6 Å². The van der Waals surface area contributed by atoms with E-state index in [1.165, 1.54) is 30.6 Å². The number of pyridine rings is 2. The molecule has 0 unspecified atom stereocenters. The van der Waals surface area contributed by atoms with Crippen LogP contribution in [-0.2, 0) is 0 Å². The number of benzene rings is 1. The lowest BCUT2D eigenvalue weighted by Crippen LogP contribution is -2.30. The minimum atomic E-state index is -0.582. The molecule has 2 N–H and O–H groups in total. The molecule has 3 heterocycles. The topological polar surface area (TPSA) is 81.3 Å². The Bertz CT molecular complexity index is 1040. The number of hydrogen-bond acceptors (Lipinski definition) is 5. The lowest BCUT2D eigenvalue weighted by atomic mass is 10.1. The van der Waals surface area contributed by atoms with Crippen LogP contribution < -0.4 is 15.4 Å². The smallest absolute Gasteiger partial charge is 0.252 e. The van der Waals surface area contributed by atoms with Gasteiger partial charge in [0, 0.05) is 23.0 Å². The van der Waals surface area contributed by atoms with Gasteiger partial charge in [0.1, 0.15) is 12.4 Å². The van der Waals surface area contributed by atoms with Gasteiger partial charge in [-0.3, -0.25) is 14.8 Å². The Morgan fingerprint density at radius 3 is 2.89 bits per heavy atom. The van der Waals surface area contributed by atoms with Gasteiger partial charge in [-0.15, -0.1) is 0 Å². The summed E-state index contributed by atoms with van der Waals surface area (Å²) in [6.45, 7) is 0.888. The van der Waals surface area contributed by atoms with Crippen LogP contribution in [0, 0.1) is 5.82 Å². The van der Waals surface area contributed by atoms with E-state index in [2.05, 4.69) is 9.97 Å². The highest BCUT2D eigenvalue weighted by Gasteiger charge is 2.24. The third-order valence-electron chi connectivity index (χ3n) is 4.27. The lowest BCUT2D eigenvalue weighted by molar-refractivity contribution is 0.100. The molecular formula is C19H14ClFN4O2. The minimum absolute atomic E-state index is 0.278. The van der Waals surface area contributed by atoms with Crippen molar-refractivity contribution < 1.29 is 13.9 Å². The maximum absolute atomic E-state index is 14.3. The summed E-state index contributed by atoms with van der Waals surface area (Å²) < 4.78 is 19.9. The number of hydrogen-bond donors (Lipinski definition) is 1. The van der Waals surface area contributed by atoms with Crippen molar-refractivity contribution in [2.24, 2.45) is 5.73 Å². The highest BCUT2D eigenvalue weighted by Crippen LogP contribution is 2.39. The fourth-order valence-corrected chi connectivity index (χ4v) is 3.20. The summed E-state index contributed by atoms with van der Waals surface area (Å²) in [6.07, 6.45) is 4.53. The average molecular weight is 385 g/mol. The Kier molecular flexibility index (Phi) is 4.37. The molecule has 3 aromatic rings. The van der Waals surface area contributed by atoms with E-state index >= 15 is 0 Å². The largest absolute Gasteiger partial charge is 0.488 e. The fourth-order valence-electron chi connectivity index (χ4n) is 3.03. The van der Waals surface area contributed by atoms with E-state index < -0.39 is 11.7 Å². The van der Waals surface area contributed by atoms with Crippen molar-refractivity contribution in [3.63, 3.8) is 0 Å². The maximum Gasteiger partial charge on any atom is 0.252 e. The summed E-state index contributed by atoms with van der Waals surface area (Å²) in [4.78, 5) is 21.9. The number of aromatic nitrogens is 2. The normalized spacial score (nSPS) is 13.0. The van der Waals surface area contributed by atoms with Gasteiger partial charge in [0.25, 0.3) is 5.91 Å². The van der Waals surface area contributed by atoms with Crippen molar-refractivity contribution >= 4 is 28.9 Å². The predicted octanol–water partition coefficient (Wildman–Crippen LogP) is 3.57. The van der Waals surface area contributed by atoms with Crippen molar-refractivity contribution in [3.05, 3.63) is 65.3 Å². The summed E-state index contributed by atoms with van der Waals surface area (Å²) in [5.41, 5.74) is 7.71. The molecule has 2 aromatic heterocycles. The van der Waals surface area contributed by atoms with Gasteiger partial charge in [0.15, 0.2) is 5.75 Å². The fraction of sp³-hybridized carbons (Fsp3) is 0.105. The number of carbonyl (C=O) groups excluding carboxylic acids is 1. The third-order valence-corrected chi connectivity index (χ3v) is 4.50. The van der Waals surface area contributed by atoms with Crippen molar-refractivity contribution in [1.29, 1.82) is 0 Å². The molecule has 0 aliphatic carbocycles. The Morgan fingerprint density at radius 1 is 1.22 bits per heavy atom. The molecule has 0 saturated heterocycles. The Labute approximate surface area is 159 Å². The molecule has 1 amide bonds. The summed E-state index contributed by atoms with van der Waals surface area (Å²) in [5.74, 6) is -0.488. The summed E-state index contributed by atoms with van der Waals surface area (Å²) >= 11 is 6.00. The zero-order valence-electron chi connectivity index (χ0n) is 14.0. The molecule has 0 spiro atoms. The van der Waals surface area contributed by atoms with Gasteiger partial charge >= 0.3 is 0 Å². The molecule has 1 aliphatic rings. The summed E-state index contributed by atoms with van der Waals surface area (Å²) in [6, 6.07) is 7.69. The first-order valence-electron chi connectivity index (χ1n) is 8.14. The first-order valence-corrected chi connectivity index (χ1v) is 8.52. The van der Waals surface area contributed by atoms with Gasteiger partial charge in [0.05, 0.1) is 35.4 Å². The van der Waals surface area contributed by atoms with Crippen molar-refractivity contribution in [2.75, 3.05) is 18.1 Å². The molecule has 0 radical (unpaired) electrons. The quantitative estimate of drug-likeness (QED) is 0.746. The standard InChI is InChI=1S/C19H14ClFN4O2/c20-11-1-2-14(21)12(7-11)15-8-17-18(10-24-15)27-6-5-25(17)16-3-4-23-9-13(16)19(22)26/h1-4,7-10H,5-6H2,(H2,22,26). The molecular weight excluding hydrogens is 371 g/mol. The van der Waals surface area contributed by atoms with Crippen molar-refractivity contribution in [3.8, 4) is 17.0 Å². The van der Waals surface area contributed by atoms with Crippen molar-refractivity contribution in [1.82, 2.24) is 9.97 Å². The molecule has 136 valence electrons. The van der Waals surface area contributed by atoms with Gasteiger partial charge in [0.2, 0.25) is 0 Å². The molecule has 0 saturated carbocycles. The van der Waals surface area contributed by atoms with Crippen LogP contribution in [0.2, 0.25) is 5.02 Å². The SMILES string of the molecule is NC(=O)c1cnccc1N1CCOc2cnc(-c3cc(Cl)ccc3F)cc21. The Morgan fingerprint density at radius 2 is 2.07 bits per heavy atom. The number of carbonyl (C=O) groups is 1. The van der Waals surface area contributed by atoms with Crippen LogP contribution in [0.3, 0.4) is 0 Å². The number of nitrogens with zero attached hydrogens (tertiary/aromatic N) is 3. The molecule has 0 atom stereocenters. The van der Waals surface area contributed by atoms with E-state index in [1.54, 1.807) is 18.3 Å². The summed E-state index contributed by atoms with van der Waals surface area (Å²) in [5, 5.41) is 0.407. The van der Waals surface area contributed by atoms with E-state index in [0.717, 1.165) is 0 Å². The molecule has 1 aliphatic heterocycles. The molecule has 6 nitrogen and oxygen atoms in total. The predicted molar refractivity (Wildman–Crippen MR) is 99.9 cm³/mol. The molecule has 4 rings (SSSR count).